The fourth-order valence-electron chi connectivity index (χ4n) is 4.20. The number of aliphatic hydroxyl groups excluding tert-OH is 1. The number of hydrogen-bond donors (Lipinski definition) is 2. The molecule has 2 aromatic rings. The highest BCUT2D eigenvalue weighted by Crippen LogP contribution is 2.41. The van der Waals surface area contributed by atoms with E-state index in [-0.39, 0.29) is 5.92 Å². The van der Waals surface area contributed by atoms with E-state index in [9.17, 15) is 10.2 Å². The van der Waals surface area contributed by atoms with Crippen LogP contribution in [0.5, 0.6) is 17.2 Å². The van der Waals surface area contributed by atoms with Crippen molar-refractivity contribution in [1.82, 2.24) is 4.90 Å². The summed E-state index contributed by atoms with van der Waals surface area (Å²) in [6.07, 6.45) is 4.57. The molecule has 2 unspecified atom stereocenters. The number of fused-ring (bicyclic) bond motifs is 1. The maximum Gasteiger partial charge on any atom is 0.161 e. The number of rotatable bonds is 9. The summed E-state index contributed by atoms with van der Waals surface area (Å²) in [5, 5.41) is 20.3. The molecule has 0 radical (unpaired) electrons. The molecule has 0 fully saturated rings. The molecule has 0 bridgehead atoms. The highest BCUT2D eigenvalue weighted by Gasteiger charge is 2.29. The predicted molar refractivity (Wildman–Crippen MR) is 115 cm³/mol. The first-order valence-electron chi connectivity index (χ1n) is 10.4. The summed E-state index contributed by atoms with van der Waals surface area (Å²) >= 11 is 0. The number of hydrogen-bond acceptors (Lipinski definition) is 5. The Morgan fingerprint density at radius 3 is 2.41 bits per heavy atom. The third kappa shape index (κ3) is 5.43. The lowest BCUT2D eigenvalue weighted by atomic mass is 9.79. The van der Waals surface area contributed by atoms with Gasteiger partial charge >= 0.3 is 0 Å². The summed E-state index contributed by atoms with van der Waals surface area (Å²) in [4.78, 5) is 2.34. The number of methoxy groups -OCH3 is 2. The Bertz CT molecular complexity index is 790. The zero-order chi connectivity index (χ0) is 20.8. The molecule has 2 aromatic carbocycles. The van der Waals surface area contributed by atoms with Gasteiger partial charge in [-0.1, -0.05) is 12.1 Å². The average Bonchev–Trinajstić information content (AvgIpc) is 2.74. The van der Waals surface area contributed by atoms with Gasteiger partial charge in [-0.05, 0) is 92.6 Å². The number of nitrogens with zero attached hydrogens (tertiary/aromatic N) is 1. The number of phenolic OH excluding ortho intramolecular Hbond substituents is 1. The fourth-order valence-corrected chi connectivity index (χ4v) is 4.20. The molecule has 0 saturated carbocycles. The molecule has 2 N–H and O–H groups in total. The lowest BCUT2D eigenvalue weighted by Crippen LogP contribution is -2.25. The van der Waals surface area contributed by atoms with Crippen molar-refractivity contribution in [3.63, 3.8) is 0 Å². The summed E-state index contributed by atoms with van der Waals surface area (Å²) in [5.74, 6) is 2.00. The van der Waals surface area contributed by atoms with E-state index in [1.807, 2.05) is 24.3 Å². The molecule has 0 heterocycles. The molecule has 2 atom stereocenters. The number of phenols is 1. The van der Waals surface area contributed by atoms with Crippen LogP contribution in [0.4, 0.5) is 0 Å². The Morgan fingerprint density at radius 2 is 1.72 bits per heavy atom. The van der Waals surface area contributed by atoms with Crippen LogP contribution in [0.2, 0.25) is 0 Å². The van der Waals surface area contributed by atoms with Gasteiger partial charge in [0.2, 0.25) is 0 Å². The number of likely N-dealkylation sites (N-methyl/N-ethyl adjacent to an activating group) is 1. The topological polar surface area (TPSA) is 62.2 Å². The second kappa shape index (κ2) is 9.99. The van der Waals surface area contributed by atoms with Crippen molar-refractivity contribution in [2.75, 3.05) is 34.4 Å². The van der Waals surface area contributed by atoms with Crippen molar-refractivity contribution >= 4 is 0 Å². The van der Waals surface area contributed by atoms with E-state index < -0.39 is 6.10 Å². The molecular weight excluding hydrogens is 366 g/mol. The predicted octanol–water partition coefficient (Wildman–Crippen LogP) is 3.96. The average molecular weight is 400 g/mol. The Hall–Kier alpha value is -2.24. The molecule has 5 nitrogen and oxygen atoms in total. The van der Waals surface area contributed by atoms with E-state index in [4.69, 9.17) is 9.47 Å². The van der Waals surface area contributed by atoms with Gasteiger partial charge < -0.3 is 24.6 Å². The van der Waals surface area contributed by atoms with E-state index in [1.165, 1.54) is 5.56 Å². The monoisotopic (exact) mass is 399 g/mol. The van der Waals surface area contributed by atoms with Crippen molar-refractivity contribution in [2.24, 2.45) is 5.92 Å². The number of aryl methyl sites for hydroxylation is 1. The van der Waals surface area contributed by atoms with Crippen LogP contribution in [-0.4, -0.2) is 49.5 Å². The van der Waals surface area contributed by atoms with Crippen LogP contribution >= 0.6 is 0 Å². The first kappa shape index (κ1) is 21.5. The van der Waals surface area contributed by atoms with E-state index in [1.54, 1.807) is 26.4 Å². The van der Waals surface area contributed by atoms with Crippen LogP contribution in [0.1, 0.15) is 42.1 Å². The second-order valence-corrected chi connectivity index (χ2v) is 8.01. The van der Waals surface area contributed by atoms with Gasteiger partial charge in [-0.25, -0.2) is 0 Å². The van der Waals surface area contributed by atoms with Crippen molar-refractivity contribution in [3.8, 4) is 17.2 Å². The molecule has 1 aliphatic carbocycles. The van der Waals surface area contributed by atoms with Crippen molar-refractivity contribution in [1.29, 1.82) is 0 Å². The molecule has 3 rings (SSSR count). The van der Waals surface area contributed by atoms with Crippen LogP contribution in [0.25, 0.3) is 0 Å². The van der Waals surface area contributed by atoms with Gasteiger partial charge in [-0.2, -0.15) is 0 Å². The van der Waals surface area contributed by atoms with E-state index >= 15 is 0 Å². The maximum absolute atomic E-state index is 10.9. The van der Waals surface area contributed by atoms with Crippen molar-refractivity contribution in [2.45, 2.75) is 38.2 Å². The first-order chi connectivity index (χ1) is 14.0. The molecule has 0 saturated heterocycles. The van der Waals surface area contributed by atoms with Gasteiger partial charge in [-0.3, -0.25) is 0 Å². The summed E-state index contributed by atoms with van der Waals surface area (Å²) in [6, 6.07) is 11.4. The molecule has 29 heavy (non-hydrogen) atoms. The van der Waals surface area contributed by atoms with Crippen molar-refractivity contribution in [3.05, 3.63) is 53.1 Å². The van der Waals surface area contributed by atoms with Gasteiger partial charge in [0.15, 0.2) is 11.5 Å². The highest BCUT2D eigenvalue weighted by molar-refractivity contribution is 5.49. The summed E-state index contributed by atoms with van der Waals surface area (Å²) in [7, 11) is 5.42. The van der Waals surface area contributed by atoms with E-state index in [0.717, 1.165) is 62.1 Å². The molecule has 0 amide bonds. The lowest BCUT2D eigenvalue weighted by molar-refractivity contribution is 0.0851. The van der Waals surface area contributed by atoms with Gasteiger partial charge in [0.25, 0.3) is 0 Å². The Morgan fingerprint density at radius 1 is 1.03 bits per heavy atom. The lowest BCUT2D eigenvalue weighted by Gasteiger charge is -2.31. The minimum atomic E-state index is -0.444. The molecule has 0 aliphatic heterocycles. The SMILES string of the molecule is COc1cc2c(cc1OC)C(O)C(CCCN(C)CCc1ccc(O)cc1)CC2. The van der Waals surface area contributed by atoms with Gasteiger partial charge in [0, 0.05) is 6.54 Å². The van der Waals surface area contributed by atoms with Gasteiger partial charge in [0.1, 0.15) is 5.75 Å². The molecule has 0 aromatic heterocycles. The quantitative estimate of drug-likeness (QED) is 0.668. The maximum atomic E-state index is 10.9. The van der Waals surface area contributed by atoms with Crippen molar-refractivity contribution < 1.29 is 19.7 Å². The standard InChI is InChI=1S/C24H33NO4/c1-25(14-12-17-6-10-20(26)11-7-17)13-4-5-18-8-9-19-15-22(28-2)23(29-3)16-21(19)24(18)27/h6-7,10-11,15-16,18,24,26-27H,4-5,8-9,12-14H2,1-3H3. The van der Waals surface area contributed by atoms with E-state index in [2.05, 4.69) is 11.9 Å². The molecule has 5 heteroatoms. The summed E-state index contributed by atoms with van der Waals surface area (Å²) in [6.45, 7) is 2.00. The molecular formula is C24H33NO4. The normalized spacial score (nSPS) is 18.5. The largest absolute Gasteiger partial charge is 0.508 e. The van der Waals surface area contributed by atoms with E-state index in [0.29, 0.717) is 11.5 Å². The third-order valence-electron chi connectivity index (χ3n) is 6.03. The zero-order valence-corrected chi connectivity index (χ0v) is 17.7. The Balaban J connectivity index is 1.48. The Kier molecular flexibility index (Phi) is 7.40. The summed E-state index contributed by atoms with van der Waals surface area (Å²) < 4.78 is 10.8. The minimum absolute atomic E-state index is 0.283. The number of aromatic hydroxyl groups is 1. The fraction of sp³-hybridized carbons (Fsp3) is 0.500. The van der Waals surface area contributed by atoms with Crippen LogP contribution < -0.4 is 9.47 Å². The van der Waals surface area contributed by atoms with Crippen LogP contribution in [0, 0.1) is 5.92 Å². The first-order valence-corrected chi connectivity index (χ1v) is 10.4. The third-order valence-corrected chi connectivity index (χ3v) is 6.03. The van der Waals surface area contributed by atoms with Gasteiger partial charge in [0.05, 0.1) is 20.3 Å². The van der Waals surface area contributed by atoms with Crippen LogP contribution in [0.15, 0.2) is 36.4 Å². The van der Waals surface area contributed by atoms with Crippen LogP contribution in [-0.2, 0) is 12.8 Å². The highest BCUT2D eigenvalue weighted by atomic mass is 16.5. The van der Waals surface area contributed by atoms with Crippen LogP contribution in [0.3, 0.4) is 0 Å². The minimum Gasteiger partial charge on any atom is -0.508 e. The number of benzene rings is 2. The molecule has 1 aliphatic rings. The second-order valence-electron chi connectivity index (χ2n) is 8.01. The summed E-state index contributed by atoms with van der Waals surface area (Å²) in [5.41, 5.74) is 3.38. The van der Waals surface area contributed by atoms with Gasteiger partial charge in [-0.15, -0.1) is 0 Å². The Labute approximate surface area is 173 Å². The smallest absolute Gasteiger partial charge is 0.161 e. The number of aliphatic hydroxyl groups is 1. The molecule has 158 valence electrons. The number of ether oxygens (including phenoxy) is 2. The molecule has 0 spiro atoms. The zero-order valence-electron chi connectivity index (χ0n) is 17.7.